The summed E-state index contributed by atoms with van der Waals surface area (Å²) in [6.45, 7) is 0. The third-order valence-corrected chi connectivity index (χ3v) is 2.81. The second kappa shape index (κ2) is 3.82. The van der Waals surface area contributed by atoms with Crippen LogP contribution in [0.25, 0.3) is 0 Å². The molecule has 1 aromatic carbocycles. The van der Waals surface area contributed by atoms with Gasteiger partial charge in [0.2, 0.25) is 0 Å². The Balaban J connectivity index is 2.32. The minimum absolute atomic E-state index is 1.00. The average Bonchev–Trinajstić information content (AvgIpc) is 2.41. The number of methoxy groups -OCH3 is 1. The minimum Gasteiger partial charge on any atom is -0.497 e. The summed E-state index contributed by atoms with van der Waals surface area (Å²) in [6, 6.07) is 6.49. The number of benzene rings is 1. The molecule has 0 aliphatic heterocycles. The predicted molar refractivity (Wildman–Crippen MR) is 54.3 cm³/mol. The van der Waals surface area contributed by atoms with Crippen molar-refractivity contribution in [1.82, 2.24) is 0 Å². The summed E-state index contributed by atoms with van der Waals surface area (Å²) in [5.41, 5.74) is 3.02. The third kappa shape index (κ3) is 1.85. The smallest absolute Gasteiger partial charge is 0.119 e. The van der Waals surface area contributed by atoms with Gasteiger partial charge >= 0.3 is 0 Å². The lowest BCUT2D eigenvalue weighted by atomic mass is 10.0. The van der Waals surface area contributed by atoms with Crippen molar-refractivity contribution in [2.75, 3.05) is 7.11 Å². The number of fused-ring (bicyclic) bond motifs is 1. The monoisotopic (exact) mass is 176 g/mol. The Kier molecular flexibility index (Phi) is 2.53. The summed E-state index contributed by atoms with van der Waals surface area (Å²) in [6.07, 6.45) is 6.53. The van der Waals surface area contributed by atoms with Gasteiger partial charge in [0.05, 0.1) is 7.11 Å². The SMILES string of the molecule is COc1ccc2c(c1)CCCCC2. The van der Waals surface area contributed by atoms with Crippen LogP contribution in [0.15, 0.2) is 18.2 Å². The van der Waals surface area contributed by atoms with Crippen LogP contribution in [0.4, 0.5) is 0 Å². The van der Waals surface area contributed by atoms with Gasteiger partial charge in [-0.15, -0.1) is 0 Å². The van der Waals surface area contributed by atoms with Gasteiger partial charge in [-0.05, 0) is 48.9 Å². The van der Waals surface area contributed by atoms with E-state index >= 15 is 0 Å². The summed E-state index contributed by atoms with van der Waals surface area (Å²) in [4.78, 5) is 0. The summed E-state index contributed by atoms with van der Waals surface area (Å²) in [5, 5.41) is 0. The van der Waals surface area contributed by atoms with Crippen LogP contribution in [0.2, 0.25) is 0 Å². The zero-order valence-corrected chi connectivity index (χ0v) is 8.18. The number of hydrogen-bond acceptors (Lipinski definition) is 1. The molecule has 0 aromatic heterocycles. The van der Waals surface area contributed by atoms with Crippen molar-refractivity contribution < 1.29 is 4.74 Å². The van der Waals surface area contributed by atoms with Gasteiger partial charge in [0, 0.05) is 0 Å². The van der Waals surface area contributed by atoms with E-state index in [-0.39, 0.29) is 0 Å². The Hall–Kier alpha value is -0.980. The van der Waals surface area contributed by atoms with E-state index in [4.69, 9.17) is 4.74 Å². The van der Waals surface area contributed by atoms with Crippen LogP contribution >= 0.6 is 0 Å². The lowest BCUT2D eigenvalue weighted by molar-refractivity contribution is 0.414. The van der Waals surface area contributed by atoms with Crippen molar-refractivity contribution in [3.63, 3.8) is 0 Å². The Morgan fingerprint density at radius 2 is 1.77 bits per heavy atom. The molecule has 0 saturated carbocycles. The average molecular weight is 176 g/mol. The highest BCUT2D eigenvalue weighted by Gasteiger charge is 2.07. The van der Waals surface area contributed by atoms with Crippen LogP contribution in [0.3, 0.4) is 0 Å². The Labute approximate surface area is 79.7 Å². The molecule has 1 aromatic rings. The molecule has 1 nitrogen and oxygen atoms in total. The topological polar surface area (TPSA) is 9.23 Å². The van der Waals surface area contributed by atoms with Crippen molar-refractivity contribution in [3.8, 4) is 5.75 Å². The van der Waals surface area contributed by atoms with Crippen LogP contribution < -0.4 is 4.74 Å². The van der Waals surface area contributed by atoms with Gasteiger partial charge in [0.1, 0.15) is 5.75 Å². The van der Waals surface area contributed by atoms with E-state index in [1.54, 1.807) is 7.11 Å². The van der Waals surface area contributed by atoms with Crippen LogP contribution in [0, 0.1) is 0 Å². The molecule has 0 radical (unpaired) electrons. The fraction of sp³-hybridized carbons (Fsp3) is 0.500. The van der Waals surface area contributed by atoms with Gasteiger partial charge in [-0.3, -0.25) is 0 Å². The third-order valence-electron chi connectivity index (χ3n) is 2.81. The Morgan fingerprint density at radius 1 is 1.00 bits per heavy atom. The van der Waals surface area contributed by atoms with Gasteiger partial charge in [0.25, 0.3) is 0 Å². The van der Waals surface area contributed by atoms with Gasteiger partial charge in [-0.2, -0.15) is 0 Å². The molecule has 0 unspecified atom stereocenters. The number of ether oxygens (including phenoxy) is 1. The first-order valence-corrected chi connectivity index (χ1v) is 5.06. The molecule has 1 aliphatic carbocycles. The standard InChI is InChI=1S/C12H16O/c1-13-12-8-7-10-5-3-2-4-6-11(10)9-12/h7-9H,2-6H2,1H3. The molecule has 70 valence electrons. The van der Waals surface area contributed by atoms with Gasteiger partial charge in [-0.25, -0.2) is 0 Å². The minimum atomic E-state index is 1.00. The molecule has 0 saturated heterocycles. The van der Waals surface area contributed by atoms with E-state index in [1.807, 2.05) is 0 Å². The second-order valence-corrected chi connectivity index (χ2v) is 3.70. The molecule has 0 bridgehead atoms. The summed E-state index contributed by atoms with van der Waals surface area (Å²) in [5.74, 6) is 1.00. The van der Waals surface area contributed by atoms with E-state index in [0.29, 0.717) is 0 Å². The van der Waals surface area contributed by atoms with Crippen molar-refractivity contribution in [3.05, 3.63) is 29.3 Å². The highest BCUT2D eigenvalue weighted by atomic mass is 16.5. The fourth-order valence-electron chi connectivity index (χ4n) is 2.01. The van der Waals surface area contributed by atoms with Crippen molar-refractivity contribution in [1.29, 1.82) is 0 Å². The molecule has 0 N–H and O–H groups in total. The van der Waals surface area contributed by atoms with Gasteiger partial charge < -0.3 is 4.74 Å². The van der Waals surface area contributed by atoms with E-state index in [0.717, 1.165) is 5.75 Å². The zero-order valence-electron chi connectivity index (χ0n) is 8.18. The molecule has 1 heteroatoms. The van der Waals surface area contributed by atoms with Crippen LogP contribution in [0.5, 0.6) is 5.75 Å². The first-order chi connectivity index (χ1) is 6.40. The molecule has 0 heterocycles. The van der Waals surface area contributed by atoms with E-state index in [1.165, 1.54) is 43.2 Å². The first-order valence-electron chi connectivity index (χ1n) is 5.06. The predicted octanol–water partition coefficient (Wildman–Crippen LogP) is 2.96. The van der Waals surface area contributed by atoms with Crippen LogP contribution in [0.1, 0.15) is 30.4 Å². The Bertz CT molecular complexity index is 291. The molecular formula is C12H16O. The number of hydrogen-bond donors (Lipinski definition) is 0. The summed E-state index contributed by atoms with van der Waals surface area (Å²) in [7, 11) is 1.73. The molecule has 0 fully saturated rings. The van der Waals surface area contributed by atoms with E-state index in [9.17, 15) is 0 Å². The molecule has 0 spiro atoms. The molecular weight excluding hydrogens is 160 g/mol. The maximum atomic E-state index is 5.22. The summed E-state index contributed by atoms with van der Waals surface area (Å²) >= 11 is 0. The summed E-state index contributed by atoms with van der Waals surface area (Å²) < 4.78 is 5.22. The van der Waals surface area contributed by atoms with E-state index in [2.05, 4.69) is 18.2 Å². The highest BCUT2D eigenvalue weighted by molar-refractivity contribution is 5.36. The fourth-order valence-corrected chi connectivity index (χ4v) is 2.01. The molecule has 1 aliphatic rings. The molecule has 2 rings (SSSR count). The molecule has 0 atom stereocenters. The first kappa shape index (κ1) is 8.61. The maximum Gasteiger partial charge on any atom is 0.119 e. The highest BCUT2D eigenvalue weighted by Crippen LogP contribution is 2.24. The molecule has 0 amide bonds. The van der Waals surface area contributed by atoms with Gasteiger partial charge in [0.15, 0.2) is 0 Å². The molecule has 13 heavy (non-hydrogen) atoms. The zero-order chi connectivity index (χ0) is 9.10. The largest absolute Gasteiger partial charge is 0.497 e. The van der Waals surface area contributed by atoms with Crippen molar-refractivity contribution in [2.45, 2.75) is 32.1 Å². The van der Waals surface area contributed by atoms with E-state index < -0.39 is 0 Å². The maximum absolute atomic E-state index is 5.22. The normalized spacial score (nSPS) is 16.1. The van der Waals surface area contributed by atoms with Crippen molar-refractivity contribution in [2.24, 2.45) is 0 Å². The number of rotatable bonds is 1. The Morgan fingerprint density at radius 3 is 2.54 bits per heavy atom. The second-order valence-electron chi connectivity index (χ2n) is 3.70. The number of aryl methyl sites for hydroxylation is 2. The van der Waals surface area contributed by atoms with Crippen molar-refractivity contribution >= 4 is 0 Å². The van der Waals surface area contributed by atoms with Gasteiger partial charge in [-0.1, -0.05) is 12.5 Å². The van der Waals surface area contributed by atoms with Crippen LogP contribution in [-0.4, -0.2) is 7.11 Å². The quantitative estimate of drug-likeness (QED) is 0.598. The van der Waals surface area contributed by atoms with Crippen LogP contribution in [-0.2, 0) is 12.8 Å². The lowest BCUT2D eigenvalue weighted by Crippen LogP contribution is -1.92. The lowest BCUT2D eigenvalue weighted by Gasteiger charge is -2.07.